The fourth-order valence-electron chi connectivity index (χ4n) is 3.49. The largest absolute Gasteiger partial charge is 0.497 e. The molecule has 0 saturated heterocycles. The fraction of sp³-hybridized carbons (Fsp3) is 0.182. The highest BCUT2D eigenvalue weighted by molar-refractivity contribution is 14.1. The first-order valence-corrected chi connectivity index (χ1v) is 11.1. The molecule has 3 aromatic carbocycles. The van der Waals surface area contributed by atoms with Crippen LogP contribution in [-0.2, 0) is 6.54 Å². The van der Waals surface area contributed by atoms with Gasteiger partial charge in [0, 0.05) is 47.2 Å². The van der Waals surface area contributed by atoms with Gasteiger partial charge in [0.15, 0.2) is 0 Å². The third-order valence-electron chi connectivity index (χ3n) is 4.79. The first-order chi connectivity index (χ1) is 13.5. The minimum Gasteiger partial charge on any atom is -0.497 e. The Morgan fingerprint density at radius 3 is 2.21 bits per heavy atom. The van der Waals surface area contributed by atoms with Gasteiger partial charge in [-0.2, -0.15) is 0 Å². The number of hydrogen-bond donors (Lipinski definition) is 2. The number of aliphatic hydroxyl groups excluding tert-OH is 1. The van der Waals surface area contributed by atoms with Gasteiger partial charge in [-0.05, 0) is 93.7 Å². The number of nitrogens with zero attached hydrogens (tertiary/aromatic N) is 1. The average Bonchev–Trinajstić information content (AvgIpc) is 2.99. The first-order valence-electron chi connectivity index (χ1n) is 8.98. The Hall–Kier alpha value is -1.52. The van der Waals surface area contributed by atoms with Gasteiger partial charge in [-0.25, -0.2) is 0 Å². The number of anilines is 1. The number of halogens is 2. The van der Waals surface area contributed by atoms with Crippen LogP contribution in [-0.4, -0.2) is 29.4 Å². The number of methoxy groups -OCH3 is 1. The number of nitrogens with one attached hydrogen (secondary N) is 1. The molecule has 6 heteroatoms. The molecule has 0 spiro atoms. The lowest BCUT2D eigenvalue weighted by Gasteiger charge is -2.16. The van der Waals surface area contributed by atoms with Gasteiger partial charge in [-0.1, -0.05) is 6.07 Å². The van der Waals surface area contributed by atoms with Crippen LogP contribution in [0, 0.1) is 7.14 Å². The van der Waals surface area contributed by atoms with Crippen LogP contribution in [0.3, 0.4) is 0 Å². The monoisotopic (exact) mass is 598 g/mol. The lowest BCUT2D eigenvalue weighted by atomic mass is 10.2. The van der Waals surface area contributed by atoms with Crippen LogP contribution < -0.4 is 10.1 Å². The highest BCUT2D eigenvalue weighted by Gasteiger charge is 2.14. The third-order valence-corrected chi connectivity index (χ3v) is 6.14. The molecule has 0 amide bonds. The summed E-state index contributed by atoms with van der Waals surface area (Å²) in [6.07, 6.45) is -0.524. The molecule has 0 radical (unpaired) electrons. The zero-order valence-corrected chi connectivity index (χ0v) is 19.6. The molecule has 0 aliphatic carbocycles. The van der Waals surface area contributed by atoms with Crippen molar-refractivity contribution in [2.75, 3.05) is 19.0 Å². The summed E-state index contributed by atoms with van der Waals surface area (Å²) in [5, 5.41) is 16.5. The Labute approximate surface area is 191 Å². The van der Waals surface area contributed by atoms with E-state index in [0.717, 1.165) is 22.5 Å². The minimum atomic E-state index is -0.524. The van der Waals surface area contributed by atoms with Crippen molar-refractivity contribution >= 4 is 72.7 Å². The molecular weight excluding hydrogens is 578 g/mol. The van der Waals surface area contributed by atoms with Gasteiger partial charge in [-0.15, -0.1) is 0 Å². The van der Waals surface area contributed by atoms with Crippen molar-refractivity contribution in [2.24, 2.45) is 0 Å². The van der Waals surface area contributed by atoms with Crippen LogP contribution in [0.25, 0.3) is 21.8 Å². The third kappa shape index (κ3) is 4.08. The van der Waals surface area contributed by atoms with Gasteiger partial charge in [0.05, 0.1) is 19.8 Å². The second-order valence-electron chi connectivity index (χ2n) is 6.70. The van der Waals surface area contributed by atoms with Crippen molar-refractivity contribution in [3.63, 3.8) is 0 Å². The summed E-state index contributed by atoms with van der Waals surface area (Å²) in [5.74, 6) is 0.797. The predicted molar refractivity (Wildman–Crippen MR) is 132 cm³/mol. The first kappa shape index (κ1) is 19.8. The zero-order valence-electron chi connectivity index (χ0n) is 15.3. The standard InChI is InChI=1S/C22H20I2N2O2/c1-28-18-4-2-3-16(11-18)25-12-17(27)13-26-21-7-5-14(23)9-19(21)20-10-15(24)6-8-22(20)26/h2-11,17,25,27H,12-13H2,1H3/t17-/m1/s1. The SMILES string of the molecule is COc1cccc(NC[C@@H](O)Cn2c3ccc(I)cc3c3cc(I)ccc32)c1. The molecule has 2 N–H and O–H groups in total. The molecule has 0 fully saturated rings. The van der Waals surface area contributed by atoms with Crippen molar-refractivity contribution in [1.82, 2.24) is 4.57 Å². The summed E-state index contributed by atoms with van der Waals surface area (Å²) in [6.45, 7) is 0.987. The van der Waals surface area contributed by atoms with E-state index >= 15 is 0 Å². The molecule has 0 aliphatic rings. The van der Waals surface area contributed by atoms with E-state index in [1.807, 2.05) is 24.3 Å². The smallest absolute Gasteiger partial charge is 0.120 e. The second kappa shape index (κ2) is 8.46. The van der Waals surface area contributed by atoms with Gasteiger partial charge in [-0.3, -0.25) is 0 Å². The molecule has 0 bridgehead atoms. The van der Waals surface area contributed by atoms with Crippen LogP contribution in [0.5, 0.6) is 5.75 Å². The Bertz CT molecular complexity index is 1080. The van der Waals surface area contributed by atoms with Crippen LogP contribution in [0.15, 0.2) is 60.7 Å². The van der Waals surface area contributed by atoms with E-state index in [1.165, 1.54) is 17.9 Å². The van der Waals surface area contributed by atoms with Crippen molar-refractivity contribution in [3.8, 4) is 5.75 Å². The van der Waals surface area contributed by atoms with Gasteiger partial charge in [0.1, 0.15) is 5.75 Å². The van der Waals surface area contributed by atoms with E-state index in [2.05, 4.69) is 91.5 Å². The molecule has 1 heterocycles. The quantitative estimate of drug-likeness (QED) is 0.289. The molecular formula is C22H20I2N2O2. The molecule has 144 valence electrons. The van der Waals surface area contributed by atoms with Gasteiger partial charge in [0.2, 0.25) is 0 Å². The predicted octanol–water partition coefficient (Wildman–Crippen LogP) is 5.49. The molecule has 1 atom stereocenters. The Kier molecular flexibility index (Phi) is 5.98. The van der Waals surface area contributed by atoms with Crippen LogP contribution in [0.1, 0.15) is 0 Å². The zero-order chi connectivity index (χ0) is 19.7. The van der Waals surface area contributed by atoms with Crippen molar-refractivity contribution in [3.05, 3.63) is 67.8 Å². The lowest BCUT2D eigenvalue weighted by Crippen LogP contribution is -2.24. The fourth-order valence-corrected chi connectivity index (χ4v) is 4.47. The van der Waals surface area contributed by atoms with Crippen molar-refractivity contribution in [1.29, 1.82) is 0 Å². The van der Waals surface area contributed by atoms with E-state index in [0.29, 0.717) is 13.1 Å². The number of ether oxygens (including phenoxy) is 1. The maximum absolute atomic E-state index is 10.7. The number of rotatable bonds is 6. The second-order valence-corrected chi connectivity index (χ2v) is 9.19. The van der Waals surface area contributed by atoms with E-state index in [1.54, 1.807) is 7.11 Å². The summed E-state index contributed by atoms with van der Waals surface area (Å²) in [6, 6.07) is 20.7. The highest BCUT2D eigenvalue weighted by Crippen LogP contribution is 2.31. The minimum absolute atomic E-state index is 0.461. The van der Waals surface area contributed by atoms with Gasteiger partial charge in [0.25, 0.3) is 0 Å². The van der Waals surface area contributed by atoms with Crippen LogP contribution in [0.2, 0.25) is 0 Å². The molecule has 1 aromatic heterocycles. The van der Waals surface area contributed by atoms with Gasteiger partial charge >= 0.3 is 0 Å². The van der Waals surface area contributed by atoms with E-state index in [-0.39, 0.29) is 0 Å². The lowest BCUT2D eigenvalue weighted by molar-refractivity contribution is 0.169. The normalized spacial score (nSPS) is 12.4. The number of fused-ring (bicyclic) bond motifs is 3. The van der Waals surface area contributed by atoms with Crippen LogP contribution >= 0.6 is 45.2 Å². The maximum atomic E-state index is 10.7. The van der Waals surface area contributed by atoms with Crippen LogP contribution in [0.4, 0.5) is 5.69 Å². The molecule has 0 saturated carbocycles. The summed E-state index contributed by atoms with van der Waals surface area (Å²) in [5.41, 5.74) is 3.24. The molecule has 4 nitrogen and oxygen atoms in total. The summed E-state index contributed by atoms with van der Waals surface area (Å²) >= 11 is 4.70. The maximum Gasteiger partial charge on any atom is 0.120 e. The molecule has 4 rings (SSSR count). The number of aliphatic hydroxyl groups is 1. The topological polar surface area (TPSA) is 46.4 Å². The Balaban J connectivity index is 1.61. The summed E-state index contributed by atoms with van der Waals surface area (Å²) in [7, 11) is 1.65. The number of aromatic nitrogens is 1. The van der Waals surface area contributed by atoms with Crippen molar-refractivity contribution < 1.29 is 9.84 Å². The average molecular weight is 598 g/mol. The Morgan fingerprint density at radius 2 is 1.61 bits per heavy atom. The summed E-state index contributed by atoms with van der Waals surface area (Å²) < 4.78 is 9.89. The number of hydrogen-bond acceptors (Lipinski definition) is 3. The van der Waals surface area contributed by atoms with E-state index < -0.39 is 6.10 Å². The Morgan fingerprint density at radius 1 is 0.964 bits per heavy atom. The van der Waals surface area contributed by atoms with Crippen molar-refractivity contribution in [2.45, 2.75) is 12.6 Å². The van der Waals surface area contributed by atoms with E-state index in [4.69, 9.17) is 4.74 Å². The molecule has 0 aliphatic heterocycles. The van der Waals surface area contributed by atoms with Gasteiger partial charge < -0.3 is 19.7 Å². The molecule has 0 unspecified atom stereocenters. The molecule has 4 aromatic rings. The highest BCUT2D eigenvalue weighted by atomic mass is 127. The summed E-state index contributed by atoms with van der Waals surface area (Å²) in [4.78, 5) is 0. The number of benzene rings is 3. The van der Waals surface area contributed by atoms with E-state index in [9.17, 15) is 5.11 Å². The molecule has 28 heavy (non-hydrogen) atoms.